The first-order valence-corrected chi connectivity index (χ1v) is 8.43. The lowest BCUT2D eigenvalue weighted by molar-refractivity contribution is -0.0130. The molecule has 2 saturated heterocycles. The van der Waals surface area contributed by atoms with Gasteiger partial charge in [-0.3, -0.25) is 4.90 Å². The van der Waals surface area contributed by atoms with E-state index in [9.17, 15) is 0 Å². The number of nitrogens with zero attached hydrogens (tertiary/aromatic N) is 2. The fourth-order valence-electron chi connectivity index (χ4n) is 4.70. The van der Waals surface area contributed by atoms with Crippen molar-refractivity contribution in [1.82, 2.24) is 9.80 Å². The van der Waals surface area contributed by atoms with Crippen LogP contribution in [0.25, 0.3) is 0 Å². The quantitative estimate of drug-likeness (QED) is 0.902. The summed E-state index contributed by atoms with van der Waals surface area (Å²) in [7, 11) is 2.30. The summed E-state index contributed by atoms with van der Waals surface area (Å²) in [5.41, 5.74) is 6.53. The molecule has 21 heavy (non-hydrogen) atoms. The summed E-state index contributed by atoms with van der Waals surface area (Å²) >= 11 is 0. The third kappa shape index (κ3) is 2.33. The minimum absolute atomic E-state index is 0.187. The van der Waals surface area contributed by atoms with Crippen molar-refractivity contribution < 1.29 is 4.42 Å². The van der Waals surface area contributed by atoms with Crippen molar-refractivity contribution >= 4 is 0 Å². The van der Waals surface area contributed by atoms with Crippen molar-refractivity contribution in [3.8, 4) is 0 Å². The molecule has 3 heterocycles. The van der Waals surface area contributed by atoms with Gasteiger partial charge >= 0.3 is 0 Å². The first-order chi connectivity index (χ1) is 10.2. The number of hydrogen-bond donors (Lipinski definition) is 1. The topological polar surface area (TPSA) is 45.6 Å². The molecule has 4 nitrogen and oxygen atoms in total. The summed E-state index contributed by atoms with van der Waals surface area (Å²) in [5.74, 6) is 1.08. The van der Waals surface area contributed by atoms with Crippen molar-refractivity contribution in [1.29, 1.82) is 0 Å². The lowest BCUT2D eigenvalue weighted by Crippen LogP contribution is -2.62. The second-order valence-corrected chi connectivity index (χ2v) is 7.33. The first-order valence-electron chi connectivity index (χ1n) is 8.43. The molecule has 4 heteroatoms. The van der Waals surface area contributed by atoms with E-state index in [0.29, 0.717) is 0 Å². The van der Waals surface area contributed by atoms with Crippen LogP contribution in [0.15, 0.2) is 22.8 Å². The molecule has 3 aliphatic rings. The molecule has 2 bridgehead atoms. The normalized spacial score (nSPS) is 36.5. The summed E-state index contributed by atoms with van der Waals surface area (Å²) in [6.45, 7) is 1.71. The maximum absolute atomic E-state index is 6.34. The van der Waals surface area contributed by atoms with Gasteiger partial charge in [0.25, 0.3) is 0 Å². The van der Waals surface area contributed by atoms with Crippen LogP contribution in [0.5, 0.6) is 0 Å². The monoisotopic (exact) mass is 289 g/mol. The number of furan rings is 1. The predicted molar refractivity (Wildman–Crippen MR) is 82.9 cm³/mol. The Morgan fingerprint density at radius 2 is 2.00 bits per heavy atom. The van der Waals surface area contributed by atoms with E-state index in [4.69, 9.17) is 10.2 Å². The van der Waals surface area contributed by atoms with E-state index in [1.54, 1.807) is 6.26 Å². The van der Waals surface area contributed by atoms with Crippen molar-refractivity contribution in [2.75, 3.05) is 13.6 Å². The van der Waals surface area contributed by atoms with Gasteiger partial charge in [0, 0.05) is 30.2 Å². The summed E-state index contributed by atoms with van der Waals surface area (Å²) in [4.78, 5) is 5.30. The largest absolute Gasteiger partial charge is 0.468 e. The van der Waals surface area contributed by atoms with E-state index in [1.807, 2.05) is 6.07 Å². The number of hydrogen-bond acceptors (Lipinski definition) is 4. The van der Waals surface area contributed by atoms with Gasteiger partial charge in [-0.05, 0) is 57.7 Å². The second-order valence-electron chi connectivity index (χ2n) is 7.33. The SMILES string of the molecule is CN1C2CCC1CC(CN)(N(Cc1ccco1)C1CC1)C2. The summed E-state index contributed by atoms with van der Waals surface area (Å²) in [5, 5.41) is 0. The van der Waals surface area contributed by atoms with Crippen LogP contribution < -0.4 is 5.73 Å². The number of rotatable bonds is 5. The molecule has 1 aromatic rings. The minimum atomic E-state index is 0.187. The van der Waals surface area contributed by atoms with Crippen molar-refractivity contribution in [2.24, 2.45) is 5.73 Å². The molecule has 0 radical (unpaired) electrons. The Morgan fingerprint density at radius 1 is 1.29 bits per heavy atom. The Hall–Kier alpha value is -0.840. The average Bonchev–Trinajstić information content (AvgIpc) is 3.17. The highest BCUT2D eigenvalue weighted by Crippen LogP contribution is 2.46. The van der Waals surface area contributed by atoms with Crippen LogP contribution in [0.4, 0.5) is 0 Å². The maximum Gasteiger partial charge on any atom is 0.117 e. The summed E-state index contributed by atoms with van der Waals surface area (Å²) < 4.78 is 5.62. The maximum atomic E-state index is 6.34. The smallest absolute Gasteiger partial charge is 0.117 e. The molecule has 2 atom stereocenters. The van der Waals surface area contributed by atoms with E-state index in [1.165, 1.54) is 38.5 Å². The van der Waals surface area contributed by atoms with Crippen LogP contribution in [-0.4, -0.2) is 47.1 Å². The fraction of sp³-hybridized carbons (Fsp3) is 0.765. The molecule has 0 spiro atoms. The van der Waals surface area contributed by atoms with Crippen molar-refractivity contribution in [3.05, 3.63) is 24.2 Å². The molecular weight excluding hydrogens is 262 g/mol. The van der Waals surface area contributed by atoms with Gasteiger partial charge < -0.3 is 15.1 Å². The molecule has 116 valence electrons. The van der Waals surface area contributed by atoms with Gasteiger partial charge in [0.2, 0.25) is 0 Å². The highest BCUT2D eigenvalue weighted by atomic mass is 16.3. The van der Waals surface area contributed by atoms with Crippen molar-refractivity contribution in [3.63, 3.8) is 0 Å². The Bertz CT molecular complexity index is 468. The Kier molecular flexibility index (Phi) is 3.36. The van der Waals surface area contributed by atoms with Gasteiger partial charge in [-0.2, -0.15) is 0 Å². The molecule has 0 aromatic carbocycles. The van der Waals surface area contributed by atoms with Crippen LogP contribution in [0.1, 0.15) is 44.3 Å². The summed E-state index contributed by atoms with van der Waals surface area (Å²) in [6.07, 6.45) is 9.60. The van der Waals surface area contributed by atoms with Crippen LogP contribution in [-0.2, 0) is 6.54 Å². The molecule has 1 saturated carbocycles. The van der Waals surface area contributed by atoms with Crippen LogP contribution in [0.3, 0.4) is 0 Å². The van der Waals surface area contributed by atoms with Gasteiger partial charge in [-0.15, -0.1) is 0 Å². The van der Waals surface area contributed by atoms with Crippen molar-refractivity contribution in [2.45, 2.75) is 68.7 Å². The first kappa shape index (κ1) is 13.8. The Balaban J connectivity index is 1.60. The van der Waals surface area contributed by atoms with E-state index in [2.05, 4.69) is 22.9 Å². The second kappa shape index (κ2) is 5.11. The molecular formula is C17H27N3O. The molecule has 4 rings (SSSR count). The Morgan fingerprint density at radius 3 is 2.52 bits per heavy atom. The highest BCUT2D eigenvalue weighted by Gasteiger charge is 2.52. The standard InChI is InChI=1S/C17H27N3O/c1-19-14-6-7-15(19)10-17(9-14,12-18)20(13-4-5-13)11-16-3-2-8-21-16/h2-3,8,13-15H,4-7,9-12,18H2,1H3. The van der Waals surface area contributed by atoms with Gasteiger partial charge in [0.1, 0.15) is 5.76 Å². The zero-order valence-corrected chi connectivity index (χ0v) is 13.0. The minimum Gasteiger partial charge on any atom is -0.468 e. The molecule has 2 N–H and O–H groups in total. The molecule has 2 aliphatic heterocycles. The predicted octanol–water partition coefficient (Wildman–Crippen LogP) is 2.20. The van der Waals surface area contributed by atoms with Crippen LogP contribution >= 0.6 is 0 Å². The van der Waals surface area contributed by atoms with Crippen LogP contribution in [0.2, 0.25) is 0 Å². The zero-order valence-electron chi connectivity index (χ0n) is 13.0. The van der Waals surface area contributed by atoms with Gasteiger partial charge in [-0.1, -0.05) is 0 Å². The molecule has 0 amide bonds. The molecule has 1 aliphatic carbocycles. The number of piperidine rings is 1. The Labute approximate surface area is 127 Å². The van der Waals surface area contributed by atoms with Crippen LogP contribution in [0, 0.1) is 0 Å². The van der Waals surface area contributed by atoms with E-state index < -0.39 is 0 Å². The lowest BCUT2D eigenvalue weighted by Gasteiger charge is -2.51. The third-order valence-corrected chi connectivity index (χ3v) is 6.10. The highest BCUT2D eigenvalue weighted by molar-refractivity contribution is 5.11. The molecule has 3 fully saturated rings. The number of fused-ring (bicyclic) bond motifs is 2. The zero-order chi connectivity index (χ0) is 14.4. The average molecular weight is 289 g/mol. The fourth-order valence-corrected chi connectivity index (χ4v) is 4.70. The van der Waals surface area contributed by atoms with Gasteiger partial charge in [-0.25, -0.2) is 0 Å². The molecule has 2 unspecified atom stereocenters. The molecule has 1 aromatic heterocycles. The van der Waals surface area contributed by atoms with E-state index in [0.717, 1.165) is 37.0 Å². The summed E-state index contributed by atoms with van der Waals surface area (Å²) in [6, 6.07) is 6.27. The lowest BCUT2D eigenvalue weighted by atomic mass is 9.81. The third-order valence-electron chi connectivity index (χ3n) is 6.10. The number of nitrogens with two attached hydrogens (primary N) is 1. The van der Waals surface area contributed by atoms with Gasteiger partial charge in [0.05, 0.1) is 12.8 Å². The van der Waals surface area contributed by atoms with E-state index >= 15 is 0 Å². The van der Waals surface area contributed by atoms with Gasteiger partial charge in [0.15, 0.2) is 0 Å². The van der Waals surface area contributed by atoms with E-state index in [-0.39, 0.29) is 5.54 Å².